The first kappa shape index (κ1) is 23.0. The van der Waals surface area contributed by atoms with Crippen LogP contribution >= 0.6 is 0 Å². The summed E-state index contributed by atoms with van der Waals surface area (Å²) in [5.74, 6) is -0.751. The van der Waals surface area contributed by atoms with Gasteiger partial charge in [-0.15, -0.1) is 0 Å². The Morgan fingerprint density at radius 3 is 2.61 bits per heavy atom. The van der Waals surface area contributed by atoms with Crippen molar-refractivity contribution >= 4 is 11.0 Å². The quantitative estimate of drug-likeness (QED) is 0.222. The van der Waals surface area contributed by atoms with Crippen molar-refractivity contribution in [1.82, 2.24) is 0 Å². The monoisotopic (exact) mass is 438 g/mol. The molecular formula is C21H26O10. The highest BCUT2D eigenvalue weighted by Gasteiger charge is 2.45. The Kier molecular flexibility index (Phi) is 7.52. The number of hydrogen-bond acceptors (Lipinski definition) is 10. The zero-order valence-electron chi connectivity index (χ0n) is 16.9. The van der Waals surface area contributed by atoms with Gasteiger partial charge in [-0.3, -0.25) is 0 Å². The Balaban J connectivity index is 1.81. The Morgan fingerprint density at radius 1 is 1.13 bits per heavy atom. The number of benzene rings is 1. The van der Waals surface area contributed by atoms with Crippen LogP contribution in [0.3, 0.4) is 0 Å². The average Bonchev–Trinajstić information content (AvgIpc) is 2.76. The van der Waals surface area contributed by atoms with Crippen LogP contribution in [0.15, 0.2) is 39.6 Å². The molecule has 0 bridgehead atoms. The van der Waals surface area contributed by atoms with Gasteiger partial charge in [0.15, 0.2) is 5.75 Å². The highest BCUT2D eigenvalue weighted by molar-refractivity contribution is 5.86. The first-order chi connectivity index (χ1) is 14.9. The van der Waals surface area contributed by atoms with E-state index in [4.69, 9.17) is 18.6 Å². The van der Waals surface area contributed by atoms with E-state index in [1.165, 1.54) is 12.1 Å². The molecule has 0 unspecified atom stereocenters. The van der Waals surface area contributed by atoms with Crippen molar-refractivity contribution < 1.29 is 44.2 Å². The molecule has 1 aromatic carbocycles. The van der Waals surface area contributed by atoms with Crippen molar-refractivity contribution in [3.63, 3.8) is 0 Å². The number of aliphatic hydroxyl groups is 4. The molecule has 2 heterocycles. The van der Waals surface area contributed by atoms with Crippen LogP contribution < -0.4 is 15.1 Å². The molecule has 3 rings (SSSR count). The van der Waals surface area contributed by atoms with E-state index in [1.54, 1.807) is 6.07 Å². The minimum absolute atomic E-state index is 0.0604. The third kappa shape index (κ3) is 5.00. The van der Waals surface area contributed by atoms with Gasteiger partial charge in [-0.1, -0.05) is 19.1 Å². The van der Waals surface area contributed by atoms with Crippen LogP contribution in [0.5, 0.6) is 17.2 Å². The second-order valence-electron chi connectivity index (χ2n) is 7.06. The predicted molar refractivity (Wildman–Crippen MR) is 108 cm³/mol. The van der Waals surface area contributed by atoms with E-state index >= 15 is 0 Å². The van der Waals surface area contributed by atoms with Crippen molar-refractivity contribution in [3.05, 3.63) is 40.8 Å². The summed E-state index contributed by atoms with van der Waals surface area (Å²) in [6.45, 7) is 1.79. The van der Waals surface area contributed by atoms with E-state index in [0.717, 1.165) is 6.42 Å². The zero-order chi connectivity index (χ0) is 22.5. The molecule has 1 aliphatic heterocycles. The Morgan fingerprint density at radius 2 is 1.90 bits per heavy atom. The van der Waals surface area contributed by atoms with E-state index in [-0.39, 0.29) is 11.0 Å². The van der Waals surface area contributed by atoms with Gasteiger partial charge in [0.2, 0.25) is 6.29 Å². The summed E-state index contributed by atoms with van der Waals surface area (Å²) < 4.78 is 21.3. The van der Waals surface area contributed by atoms with Crippen LogP contribution in [-0.2, 0) is 4.74 Å². The summed E-state index contributed by atoms with van der Waals surface area (Å²) in [7, 11) is 0. The molecule has 0 amide bonds. The largest absolute Gasteiger partial charge is 0.504 e. The number of fused-ring (bicyclic) bond motifs is 1. The van der Waals surface area contributed by atoms with Crippen LogP contribution in [0.1, 0.15) is 19.8 Å². The van der Waals surface area contributed by atoms with Crippen LogP contribution in [-0.4, -0.2) is 69.5 Å². The Bertz CT molecular complexity index is 967. The maximum absolute atomic E-state index is 12.4. The normalized spacial score (nSPS) is 26.4. The third-order valence-electron chi connectivity index (χ3n) is 4.85. The maximum Gasteiger partial charge on any atom is 0.383 e. The molecule has 5 N–H and O–H groups in total. The van der Waals surface area contributed by atoms with E-state index in [2.05, 4.69) is 0 Å². The molecule has 170 valence electrons. The van der Waals surface area contributed by atoms with Crippen LogP contribution in [0, 0.1) is 0 Å². The van der Waals surface area contributed by atoms with Crippen LogP contribution in [0.25, 0.3) is 11.0 Å². The van der Waals surface area contributed by atoms with Gasteiger partial charge >= 0.3 is 5.63 Å². The smallest absolute Gasteiger partial charge is 0.383 e. The second-order valence-corrected chi connectivity index (χ2v) is 7.06. The zero-order valence-corrected chi connectivity index (χ0v) is 16.9. The minimum Gasteiger partial charge on any atom is -0.504 e. The fourth-order valence-corrected chi connectivity index (χ4v) is 3.15. The molecule has 0 aliphatic carbocycles. The first-order valence-electron chi connectivity index (χ1n) is 9.92. The van der Waals surface area contributed by atoms with Gasteiger partial charge in [-0.25, -0.2) is 4.79 Å². The van der Waals surface area contributed by atoms with Crippen LogP contribution in [0.4, 0.5) is 0 Å². The molecule has 0 saturated carbocycles. The molecular weight excluding hydrogens is 412 g/mol. The van der Waals surface area contributed by atoms with Gasteiger partial charge in [-0.2, -0.15) is 0 Å². The fourth-order valence-electron chi connectivity index (χ4n) is 3.15. The lowest BCUT2D eigenvalue weighted by Crippen LogP contribution is -2.60. The number of aliphatic hydroxyl groups excluding tert-OH is 4. The lowest BCUT2D eigenvalue weighted by atomic mass is 9.99. The molecule has 5 atom stereocenters. The molecule has 1 aliphatic rings. The minimum atomic E-state index is -1.75. The van der Waals surface area contributed by atoms with Crippen molar-refractivity contribution in [3.8, 4) is 17.2 Å². The van der Waals surface area contributed by atoms with E-state index in [1.807, 2.05) is 19.1 Å². The van der Waals surface area contributed by atoms with Gasteiger partial charge in [0.1, 0.15) is 35.7 Å². The summed E-state index contributed by atoms with van der Waals surface area (Å²) in [5.41, 5.74) is -0.991. The maximum atomic E-state index is 12.4. The number of aromatic hydroxyl groups is 1. The van der Waals surface area contributed by atoms with Crippen LogP contribution in [0.2, 0.25) is 0 Å². The van der Waals surface area contributed by atoms with Crippen molar-refractivity contribution in [1.29, 1.82) is 0 Å². The number of allylic oxidation sites excluding steroid dienone is 1. The molecule has 10 heteroatoms. The third-order valence-corrected chi connectivity index (χ3v) is 4.85. The Labute approximate surface area is 177 Å². The molecule has 31 heavy (non-hydrogen) atoms. The number of rotatable bonds is 8. The van der Waals surface area contributed by atoms with Gasteiger partial charge in [0, 0.05) is 6.07 Å². The van der Waals surface area contributed by atoms with Crippen molar-refractivity contribution in [2.75, 3.05) is 13.2 Å². The van der Waals surface area contributed by atoms with Crippen molar-refractivity contribution in [2.24, 2.45) is 0 Å². The van der Waals surface area contributed by atoms with E-state index < -0.39 is 54.4 Å². The SMILES string of the molecule is CCC=CCCOc1ccc2c(O)c(O[C@H]3O[C@H](CO)[C@@H](O)[C@H](O)[C@@H]3O)c(=O)oc2c1. The average molecular weight is 438 g/mol. The van der Waals surface area contributed by atoms with Gasteiger partial charge < -0.3 is 44.2 Å². The summed E-state index contributed by atoms with van der Waals surface area (Å²) >= 11 is 0. The molecule has 10 nitrogen and oxygen atoms in total. The van der Waals surface area contributed by atoms with Gasteiger partial charge in [0.25, 0.3) is 5.75 Å². The lowest BCUT2D eigenvalue weighted by Gasteiger charge is -2.39. The van der Waals surface area contributed by atoms with E-state index in [0.29, 0.717) is 18.8 Å². The summed E-state index contributed by atoms with van der Waals surface area (Å²) in [6, 6.07) is 4.52. The fraction of sp³-hybridized carbons (Fsp3) is 0.476. The molecule has 1 fully saturated rings. The molecule has 1 aromatic heterocycles. The van der Waals surface area contributed by atoms with Crippen molar-refractivity contribution in [2.45, 2.75) is 50.5 Å². The first-order valence-corrected chi connectivity index (χ1v) is 9.92. The number of hydrogen-bond donors (Lipinski definition) is 5. The number of ether oxygens (including phenoxy) is 3. The van der Waals surface area contributed by atoms with Gasteiger partial charge in [0.05, 0.1) is 18.6 Å². The predicted octanol–water partition coefficient (Wildman–Crippen LogP) is 0.412. The molecule has 0 spiro atoms. The highest BCUT2D eigenvalue weighted by atomic mass is 16.7. The van der Waals surface area contributed by atoms with Gasteiger partial charge in [-0.05, 0) is 25.0 Å². The summed E-state index contributed by atoms with van der Waals surface area (Å²) in [5, 5.41) is 49.7. The summed E-state index contributed by atoms with van der Waals surface area (Å²) in [4.78, 5) is 12.4. The standard InChI is InChI=1S/C21H26O10/c1-2-3-4-5-8-28-11-6-7-12-13(9-11)29-20(27)19(15(12)23)31-21-18(26)17(25)16(24)14(10-22)30-21/h3-4,6-7,9,14,16-18,21-26H,2,5,8,10H2,1H3/t14-,16-,17+,18+,21-/m1/s1. The summed E-state index contributed by atoms with van der Waals surface area (Å²) in [6.07, 6.45) is -2.22. The van der Waals surface area contributed by atoms with E-state index in [9.17, 15) is 30.3 Å². The molecule has 1 saturated heterocycles. The lowest BCUT2D eigenvalue weighted by molar-refractivity contribution is -0.278. The second kappa shape index (κ2) is 10.1. The molecule has 2 aromatic rings. The molecule has 0 radical (unpaired) electrons. The topological polar surface area (TPSA) is 159 Å². The Hall–Kier alpha value is -2.63. The highest BCUT2D eigenvalue weighted by Crippen LogP contribution is 2.35.